The minimum absolute atomic E-state index is 0.0959. The number of nitrogens with one attached hydrogen (secondary N) is 1. The highest BCUT2D eigenvalue weighted by atomic mass is 79.9. The highest BCUT2D eigenvalue weighted by molar-refractivity contribution is 9.11. The van der Waals surface area contributed by atoms with Crippen LogP contribution in [0.5, 0.6) is 0 Å². The highest BCUT2D eigenvalue weighted by Gasteiger charge is 2.27. The van der Waals surface area contributed by atoms with E-state index in [2.05, 4.69) is 21.2 Å². The number of rotatable bonds is 3. The first kappa shape index (κ1) is 11.8. The third-order valence-corrected chi connectivity index (χ3v) is 4.04. The molecule has 3 nitrogen and oxygen atoms in total. The molecule has 2 N–H and O–H groups in total. The third kappa shape index (κ3) is 3.17. The van der Waals surface area contributed by atoms with Crippen molar-refractivity contribution in [3.05, 3.63) is 26.9 Å². The highest BCUT2D eigenvalue weighted by Crippen LogP contribution is 2.23. The van der Waals surface area contributed by atoms with Gasteiger partial charge >= 0.3 is 0 Å². The van der Waals surface area contributed by atoms with Crippen molar-refractivity contribution >= 4 is 39.2 Å². The van der Waals surface area contributed by atoms with Gasteiger partial charge in [0.15, 0.2) is 0 Å². The Morgan fingerprint density at radius 2 is 2.31 bits per heavy atom. The SMILES string of the molecule is O=C(C=Cc1ccc(Br)s1)NC1CC(O)C1. The lowest BCUT2D eigenvalue weighted by Gasteiger charge is -2.31. The maximum absolute atomic E-state index is 11.4. The zero-order valence-electron chi connectivity index (χ0n) is 8.52. The number of carbonyl (C=O) groups is 1. The second kappa shape index (κ2) is 5.12. The van der Waals surface area contributed by atoms with Gasteiger partial charge < -0.3 is 10.4 Å². The zero-order chi connectivity index (χ0) is 11.5. The van der Waals surface area contributed by atoms with Crippen LogP contribution < -0.4 is 5.32 Å². The number of halogens is 1. The Morgan fingerprint density at radius 3 is 2.88 bits per heavy atom. The van der Waals surface area contributed by atoms with Gasteiger partial charge in [-0.25, -0.2) is 0 Å². The van der Waals surface area contributed by atoms with Crippen LogP contribution in [0.1, 0.15) is 17.7 Å². The number of hydrogen-bond acceptors (Lipinski definition) is 3. The Balaban J connectivity index is 1.80. The van der Waals surface area contributed by atoms with Crippen molar-refractivity contribution in [3.63, 3.8) is 0 Å². The van der Waals surface area contributed by atoms with Gasteiger partial charge in [0.1, 0.15) is 0 Å². The summed E-state index contributed by atoms with van der Waals surface area (Å²) in [6.07, 6.45) is 4.43. The summed E-state index contributed by atoms with van der Waals surface area (Å²) in [7, 11) is 0. The number of aliphatic hydroxyl groups excluding tert-OH is 1. The molecule has 16 heavy (non-hydrogen) atoms. The van der Waals surface area contributed by atoms with E-state index in [1.807, 2.05) is 12.1 Å². The molecule has 1 aromatic heterocycles. The topological polar surface area (TPSA) is 49.3 Å². The van der Waals surface area contributed by atoms with Gasteiger partial charge in [-0.05, 0) is 47.0 Å². The van der Waals surface area contributed by atoms with E-state index in [-0.39, 0.29) is 18.1 Å². The first-order valence-electron chi connectivity index (χ1n) is 5.05. The maximum Gasteiger partial charge on any atom is 0.244 e. The summed E-state index contributed by atoms with van der Waals surface area (Å²) in [4.78, 5) is 12.5. The fraction of sp³-hybridized carbons (Fsp3) is 0.364. The van der Waals surface area contributed by atoms with E-state index in [9.17, 15) is 4.79 Å². The molecule has 0 aliphatic heterocycles. The van der Waals surface area contributed by atoms with Gasteiger partial charge in [0, 0.05) is 17.0 Å². The molecule has 0 spiro atoms. The van der Waals surface area contributed by atoms with Crippen molar-refractivity contribution in [1.82, 2.24) is 5.32 Å². The van der Waals surface area contributed by atoms with Crippen molar-refractivity contribution in [2.75, 3.05) is 0 Å². The van der Waals surface area contributed by atoms with E-state index >= 15 is 0 Å². The Labute approximate surface area is 106 Å². The summed E-state index contributed by atoms with van der Waals surface area (Å²) in [5.74, 6) is -0.0959. The molecule has 0 saturated heterocycles. The summed E-state index contributed by atoms with van der Waals surface area (Å²) in [5.41, 5.74) is 0. The summed E-state index contributed by atoms with van der Waals surface area (Å²) in [6.45, 7) is 0. The van der Waals surface area contributed by atoms with Crippen LogP contribution >= 0.6 is 27.3 Å². The lowest BCUT2D eigenvalue weighted by Crippen LogP contribution is -2.46. The number of carbonyl (C=O) groups excluding carboxylic acids is 1. The first-order chi connectivity index (χ1) is 7.63. The molecule has 1 amide bonds. The van der Waals surface area contributed by atoms with E-state index in [4.69, 9.17) is 5.11 Å². The van der Waals surface area contributed by atoms with E-state index in [0.717, 1.165) is 8.66 Å². The predicted octanol–water partition coefficient (Wildman–Crippen LogP) is 2.16. The molecule has 0 atom stereocenters. The lowest BCUT2D eigenvalue weighted by atomic mass is 9.89. The van der Waals surface area contributed by atoms with Crippen molar-refractivity contribution < 1.29 is 9.90 Å². The molecule has 5 heteroatoms. The quantitative estimate of drug-likeness (QED) is 0.841. The summed E-state index contributed by atoms with van der Waals surface area (Å²) in [5, 5.41) is 11.9. The molecule has 1 aliphatic rings. The van der Waals surface area contributed by atoms with E-state index < -0.39 is 0 Å². The van der Waals surface area contributed by atoms with Gasteiger partial charge in [-0.15, -0.1) is 11.3 Å². The Bertz CT molecular complexity index is 410. The first-order valence-corrected chi connectivity index (χ1v) is 6.66. The normalized spacial score (nSPS) is 24.4. The van der Waals surface area contributed by atoms with Crippen LogP contribution in [0.2, 0.25) is 0 Å². The molecule has 2 rings (SSSR count). The predicted molar refractivity (Wildman–Crippen MR) is 68.2 cm³/mol. The molecule has 1 saturated carbocycles. The van der Waals surface area contributed by atoms with Crippen molar-refractivity contribution in [2.24, 2.45) is 0 Å². The smallest absolute Gasteiger partial charge is 0.244 e. The van der Waals surface area contributed by atoms with Crippen LogP contribution in [-0.4, -0.2) is 23.2 Å². The molecular formula is C11H12BrNO2S. The Morgan fingerprint density at radius 1 is 1.56 bits per heavy atom. The Hall–Kier alpha value is -0.650. The third-order valence-electron chi connectivity index (χ3n) is 2.45. The fourth-order valence-electron chi connectivity index (χ4n) is 1.53. The molecule has 0 unspecified atom stereocenters. The largest absolute Gasteiger partial charge is 0.393 e. The number of amides is 1. The summed E-state index contributed by atoms with van der Waals surface area (Å²) >= 11 is 4.94. The molecule has 0 radical (unpaired) electrons. The van der Waals surface area contributed by atoms with Crippen LogP contribution in [0, 0.1) is 0 Å². The van der Waals surface area contributed by atoms with Crippen LogP contribution in [0.25, 0.3) is 6.08 Å². The Kier molecular flexibility index (Phi) is 3.78. The number of hydrogen-bond donors (Lipinski definition) is 2. The van der Waals surface area contributed by atoms with Gasteiger partial charge in [-0.1, -0.05) is 0 Å². The lowest BCUT2D eigenvalue weighted by molar-refractivity contribution is -0.118. The van der Waals surface area contributed by atoms with E-state index in [0.29, 0.717) is 12.8 Å². The fourth-order valence-corrected chi connectivity index (χ4v) is 2.86. The standard InChI is InChI=1S/C11H12BrNO2S/c12-10-3-1-9(16-10)2-4-11(15)13-7-5-8(14)6-7/h1-4,7-8,14H,5-6H2,(H,13,15). The molecular weight excluding hydrogens is 290 g/mol. The van der Waals surface area contributed by atoms with Crippen LogP contribution in [-0.2, 0) is 4.79 Å². The zero-order valence-corrected chi connectivity index (χ0v) is 10.9. The number of aliphatic hydroxyl groups is 1. The number of thiophene rings is 1. The van der Waals surface area contributed by atoms with Crippen LogP contribution in [0.4, 0.5) is 0 Å². The van der Waals surface area contributed by atoms with Crippen molar-refractivity contribution in [2.45, 2.75) is 25.0 Å². The molecule has 86 valence electrons. The van der Waals surface area contributed by atoms with Crippen LogP contribution in [0.15, 0.2) is 22.0 Å². The van der Waals surface area contributed by atoms with Gasteiger partial charge in [-0.2, -0.15) is 0 Å². The average Bonchev–Trinajstić information content (AvgIpc) is 2.59. The van der Waals surface area contributed by atoms with Gasteiger partial charge in [0.2, 0.25) is 5.91 Å². The maximum atomic E-state index is 11.4. The minimum Gasteiger partial charge on any atom is -0.393 e. The molecule has 1 fully saturated rings. The second-order valence-electron chi connectivity index (χ2n) is 3.81. The monoisotopic (exact) mass is 301 g/mol. The van der Waals surface area contributed by atoms with Gasteiger partial charge in [-0.3, -0.25) is 4.79 Å². The summed E-state index contributed by atoms with van der Waals surface area (Å²) < 4.78 is 1.05. The van der Waals surface area contributed by atoms with E-state index in [1.165, 1.54) is 6.08 Å². The molecule has 0 aromatic carbocycles. The molecule has 0 bridgehead atoms. The molecule has 1 heterocycles. The van der Waals surface area contributed by atoms with E-state index in [1.54, 1.807) is 17.4 Å². The van der Waals surface area contributed by atoms with Crippen molar-refractivity contribution in [1.29, 1.82) is 0 Å². The van der Waals surface area contributed by atoms with Crippen molar-refractivity contribution in [3.8, 4) is 0 Å². The minimum atomic E-state index is -0.234. The van der Waals surface area contributed by atoms with Gasteiger partial charge in [0.05, 0.1) is 9.89 Å². The average molecular weight is 302 g/mol. The molecule has 1 aromatic rings. The summed E-state index contributed by atoms with van der Waals surface area (Å²) in [6, 6.07) is 4.04. The second-order valence-corrected chi connectivity index (χ2v) is 6.30. The van der Waals surface area contributed by atoms with Crippen LogP contribution in [0.3, 0.4) is 0 Å². The molecule has 1 aliphatic carbocycles. The van der Waals surface area contributed by atoms with Gasteiger partial charge in [0.25, 0.3) is 0 Å².